The molecule has 2 rings (SSSR count). The third kappa shape index (κ3) is 3.51. The topological polar surface area (TPSA) is 37.8 Å². The van der Waals surface area contributed by atoms with Crippen LogP contribution in [0.15, 0.2) is 43.0 Å². The summed E-state index contributed by atoms with van der Waals surface area (Å²) in [4.78, 5) is 7.95. The van der Waals surface area contributed by atoms with Gasteiger partial charge >= 0.3 is 0 Å². The molecule has 0 spiro atoms. The number of nitrogens with zero attached hydrogens (tertiary/aromatic N) is 2. The second-order valence-electron chi connectivity index (χ2n) is 3.90. The molecule has 0 aliphatic heterocycles. The van der Waals surface area contributed by atoms with Crippen LogP contribution in [0.5, 0.6) is 0 Å². The Labute approximate surface area is 106 Å². The average molecular weight is 248 g/mol. The molecule has 0 fully saturated rings. The second-order valence-corrected chi connectivity index (χ2v) is 4.34. The van der Waals surface area contributed by atoms with Gasteiger partial charge in [0, 0.05) is 35.6 Å². The van der Waals surface area contributed by atoms with Crippen LogP contribution in [0.25, 0.3) is 0 Å². The fraction of sp³-hybridized carbons (Fsp3) is 0.231. The molecule has 1 aromatic heterocycles. The van der Waals surface area contributed by atoms with Gasteiger partial charge in [-0.25, -0.2) is 9.97 Å². The molecular weight excluding hydrogens is 234 g/mol. The summed E-state index contributed by atoms with van der Waals surface area (Å²) >= 11 is 5.96. The van der Waals surface area contributed by atoms with E-state index >= 15 is 0 Å². The highest BCUT2D eigenvalue weighted by molar-refractivity contribution is 6.30. The van der Waals surface area contributed by atoms with Crippen molar-refractivity contribution >= 4 is 11.6 Å². The summed E-state index contributed by atoms with van der Waals surface area (Å²) in [6.07, 6.45) is 5.15. The lowest BCUT2D eigenvalue weighted by atomic mass is 10.1. The molecule has 0 bridgehead atoms. The zero-order valence-corrected chi connectivity index (χ0v) is 10.4. The number of hydrogen-bond donors (Lipinski definition) is 1. The third-order valence-electron chi connectivity index (χ3n) is 2.58. The maximum Gasteiger partial charge on any atom is 0.115 e. The van der Waals surface area contributed by atoms with Gasteiger partial charge in [-0.15, -0.1) is 0 Å². The van der Waals surface area contributed by atoms with Crippen molar-refractivity contribution in [3.8, 4) is 0 Å². The normalized spacial score (nSPS) is 12.4. The van der Waals surface area contributed by atoms with Crippen LogP contribution in [-0.4, -0.2) is 9.97 Å². The van der Waals surface area contributed by atoms with E-state index < -0.39 is 0 Å². The fourth-order valence-corrected chi connectivity index (χ4v) is 1.78. The molecule has 17 heavy (non-hydrogen) atoms. The van der Waals surface area contributed by atoms with Gasteiger partial charge in [0.1, 0.15) is 6.33 Å². The molecule has 1 atom stereocenters. The van der Waals surface area contributed by atoms with Crippen LogP contribution in [0.3, 0.4) is 0 Å². The van der Waals surface area contributed by atoms with Crippen LogP contribution in [-0.2, 0) is 6.54 Å². The lowest BCUT2D eigenvalue weighted by Gasteiger charge is -2.14. The smallest absolute Gasteiger partial charge is 0.115 e. The SMILES string of the molecule is C[C@H](NCc1cncnc1)c1cccc(Cl)c1. The molecule has 0 aliphatic carbocycles. The number of nitrogens with one attached hydrogen (secondary N) is 1. The highest BCUT2D eigenvalue weighted by Crippen LogP contribution is 2.17. The van der Waals surface area contributed by atoms with E-state index in [1.807, 2.05) is 30.6 Å². The van der Waals surface area contributed by atoms with E-state index in [-0.39, 0.29) is 6.04 Å². The monoisotopic (exact) mass is 247 g/mol. The van der Waals surface area contributed by atoms with Crippen LogP contribution >= 0.6 is 11.6 Å². The van der Waals surface area contributed by atoms with Crippen molar-refractivity contribution in [3.63, 3.8) is 0 Å². The second kappa shape index (κ2) is 5.75. The molecule has 1 aromatic carbocycles. The molecule has 0 aliphatic rings. The van der Waals surface area contributed by atoms with Gasteiger partial charge in [0.05, 0.1) is 0 Å². The Hall–Kier alpha value is -1.45. The number of aromatic nitrogens is 2. The van der Waals surface area contributed by atoms with Crippen molar-refractivity contribution in [3.05, 3.63) is 59.1 Å². The van der Waals surface area contributed by atoms with Crippen molar-refractivity contribution < 1.29 is 0 Å². The Balaban J connectivity index is 1.96. The third-order valence-corrected chi connectivity index (χ3v) is 2.81. The first-order valence-corrected chi connectivity index (χ1v) is 5.86. The van der Waals surface area contributed by atoms with E-state index in [0.717, 1.165) is 17.1 Å². The van der Waals surface area contributed by atoms with E-state index in [9.17, 15) is 0 Å². The van der Waals surface area contributed by atoms with Gasteiger partial charge in [-0.1, -0.05) is 23.7 Å². The standard InChI is InChI=1S/C13H14ClN3/c1-10(12-3-2-4-13(14)5-12)17-8-11-6-15-9-16-7-11/h2-7,9-10,17H,8H2,1H3/t10-/m0/s1. The molecule has 4 heteroatoms. The Morgan fingerprint density at radius 2 is 2.06 bits per heavy atom. The van der Waals surface area contributed by atoms with Crippen LogP contribution in [0, 0.1) is 0 Å². The molecule has 0 unspecified atom stereocenters. The zero-order valence-electron chi connectivity index (χ0n) is 9.60. The summed E-state index contributed by atoms with van der Waals surface area (Å²) in [6, 6.07) is 8.12. The molecule has 3 nitrogen and oxygen atoms in total. The molecule has 0 amide bonds. The highest BCUT2D eigenvalue weighted by atomic mass is 35.5. The van der Waals surface area contributed by atoms with Crippen molar-refractivity contribution in [2.24, 2.45) is 0 Å². The maximum absolute atomic E-state index is 5.96. The molecule has 88 valence electrons. The van der Waals surface area contributed by atoms with Crippen LogP contribution in [0.4, 0.5) is 0 Å². The van der Waals surface area contributed by atoms with Gasteiger partial charge in [-0.2, -0.15) is 0 Å². The summed E-state index contributed by atoms with van der Waals surface area (Å²) in [5, 5.41) is 4.17. The number of halogens is 1. The van der Waals surface area contributed by atoms with Gasteiger partial charge in [0.25, 0.3) is 0 Å². The van der Waals surface area contributed by atoms with Crippen molar-refractivity contribution in [1.29, 1.82) is 0 Å². The minimum atomic E-state index is 0.244. The average Bonchev–Trinajstić information content (AvgIpc) is 2.37. The predicted molar refractivity (Wildman–Crippen MR) is 68.7 cm³/mol. The van der Waals surface area contributed by atoms with Crippen LogP contribution < -0.4 is 5.32 Å². The predicted octanol–water partition coefficient (Wildman–Crippen LogP) is 2.98. The molecule has 0 saturated carbocycles. The minimum Gasteiger partial charge on any atom is -0.306 e. The van der Waals surface area contributed by atoms with Crippen molar-refractivity contribution in [2.45, 2.75) is 19.5 Å². The summed E-state index contributed by atoms with van der Waals surface area (Å²) in [5.41, 5.74) is 2.25. The molecule has 1 N–H and O–H groups in total. The molecule has 1 heterocycles. The Morgan fingerprint density at radius 1 is 1.29 bits per heavy atom. The molecule has 0 saturated heterocycles. The van der Waals surface area contributed by atoms with Crippen LogP contribution in [0.1, 0.15) is 24.1 Å². The zero-order chi connectivity index (χ0) is 12.1. The highest BCUT2D eigenvalue weighted by Gasteiger charge is 2.05. The van der Waals surface area contributed by atoms with Crippen LogP contribution in [0.2, 0.25) is 5.02 Å². The maximum atomic E-state index is 5.96. The van der Waals surface area contributed by atoms with Crippen molar-refractivity contribution in [2.75, 3.05) is 0 Å². The van der Waals surface area contributed by atoms with E-state index in [4.69, 9.17) is 11.6 Å². The molecular formula is C13H14ClN3. The summed E-state index contributed by atoms with van der Waals surface area (Å²) < 4.78 is 0. The Kier molecular flexibility index (Phi) is 4.07. The summed E-state index contributed by atoms with van der Waals surface area (Å²) in [6.45, 7) is 2.85. The van der Waals surface area contributed by atoms with Gasteiger partial charge in [-0.05, 0) is 24.6 Å². The van der Waals surface area contributed by atoms with Crippen molar-refractivity contribution in [1.82, 2.24) is 15.3 Å². The fourth-order valence-electron chi connectivity index (χ4n) is 1.59. The van der Waals surface area contributed by atoms with E-state index in [1.165, 1.54) is 11.9 Å². The first-order valence-electron chi connectivity index (χ1n) is 5.48. The summed E-state index contributed by atoms with van der Waals surface area (Å²) in [7, 11) is 0. The van der Waals surface area contributed by atoms with Gasteiger partial charge in [0.2, 0.25) is 0 Å². The Morgan fingerprint density at radius 3 is 2.76 bits per heavy atom. The molecule has 0 radical (unpaired) electrons. The number of hydrogen-bond acceptors (Lipinski definition) is 3. The van der Waals surface area contributed by atoms with E-state index in [0.29, 0.717) is 0 Å². The van der Waals surface area contributed by atoms with E-state index in [1.54, 1.807) is 0 Å². The first-order chi connectivity index (χ1) is 8.25. The quantitative estimate of drug-likeness (QED) is 0.903. The number of rotatable bonds is 4. The first kappa shape index (κ1) is 12.0. The number of benzene rings is 1. The molecule has 2 aromatic rings. The minimum absolute atomic E-state index is 0.244. The lowest BCUT2D eigenvalue weighted by molar-refractivity contribution is 0.573. The Bertz CT molecular complexity index is 473. The van der Waals surface area contributed by atoms with Gasteiger partial charge in [-0.3, -0.25) is 0 Å². The summed E-state index contributed by atoms with van der Waals surface area (Å²) in [5.74, 6) is 0. The van der Waals surface area contributed by atoms with Gasteiger partial charge < -0.3 is 5.32 Å². The van der Waals surface area contributed by atoms with Gasteiger partial charge in [0.15, 0.2) is 0 Å². The lowest BCUT2D eigenvalue weighted by Crippen LogP contribution is -2.18. The van der Waals surface area contributed by atoms with E-state index in [2.05, 4.69) is 28.3 Å². The largest absolute Gasteiger partial charge is 0.306 e.